The van der Waals surface area contributed by atoms with Gasteiger partial charge in [0.05, 0.1) is 16.9 Å². The van der Waals surface area contributed by atoms with Gasteiger partial charge in [-0.05, 0) is 52.3 Å². The second-order valence-electron chi connectivity index (χ2n) is 5.69. The van der Waals surface area contributed by atoms with E-state index in [1.807, 2.05) is 58.8 Å². The molecule has 1 aliphatic heterocycles. The first-order chi connectivity index (χ1) is 8.32. The first-order valence-electron chi connectivity index (χ1n) is 6.27. The van der Waals surface area contributed by atoms with E-state index < -0.39 is 0 Å². The summed E-state index contributed by atoms with van der Waals surface area (Å²) in [7, 11) is -0.309. The van der Waals surface area contributed by atoms with Crippen molar-refractivity contribution in [1.82, 2.24) is 4.98 Å². The van der Waals surface area contributed by atoms with Gasteiger partial charge in [-0.25, -0.2) is 0 Å². The Morgan fingerprint density at radius 3 is 2.33 bits per heavy atom. The van der Waals surface area contributed by atoms with Crippen LogP contribution in [-0.2, 0) is 9.31 Å². The van der Waals surface area contributed by atoms with Crippen molar-refractivity contribution in [3.8, 4) is 0 Å². The Labute approximate surface area is 109 Å². The van der Waals surface area contributed by atoms with E-state index in [0.29, 0.717) is 0 Å². The summed E-state index contributed by atoms with van der Waals surface area (Å²) in [4.78, 5) is 4.31. The lowest BCUT2D eigenvalue weighted by Crippen LogP contribution is -2.41. The van der Waals surface area contributed by atoms with E-state index in [1.165, 1.54) is 0 Å². The van der Waals surface area contributed by atoms with Crippen LogP contribution in [0.1, 0.15) is 39.0 Å². The molecule has 0 aromatic carbocycles. The normalized spacial score (nSPS) is 21.7. The summed E-state index contributed by atoms with van der Waals surface area (Å²) in [5.74, 6) is 1.92. The molecule has 1 saturated heterocycles. The van der Waals surface area contributed by atoms with Gasteiger partial charge in [-0.15, -0.1) is 0 Å². The van der Waals surface area contributed by atoms with E-state index in [0.717, 1.165) is 11.3 Å². The quantitative estimate of drug-likeness (QED) is 0.750. The molecule has 0 spiro atoms. The van der Waals surface area contributed by atoms with Crippen LogP contribution >= 0.6 is 0 Å². The highest BCUT2D eigenvalue weighted by Gasteiger charge is 2.49. The number of aryl methyl sites for hydroxylation is 1. The number of hydrogen-bond acceptors (Lipinski definition) is 3. The maximum atomic E-state index is 5.89. The van der Waals surface area contributed by atoms with E-state index in [4.69, 9.17) is 9.31 Å². The van der Waals surface area contributed by atoms with Crippen LogP contribution in [0, 0.1) is 6.92 Å². The summed E-state index contributed by atoms with van der Waals surface area (Å²) in [5, 5.41) is 0. The molecule has 2 rings (SSSR count). The molecule has 0 atom stereocenters. The number of rotatable bonds is 2. The van der Waals surface area contributed by atoms with Gasteiger partial charge in [0, 0.05) is 6.20 Å². The first kappa shape index (κ1) is 13.3. The Kier molecular flexibility index (Phi) is 3.34. The SMILES string of the molecule is Cc1cccnc1C=CB1OC(C)(C)C(C)(C)O1. The molecule has 0 saturated carbocycles. The average molecular weight is 245 g/mol. The highest BCUT2D eigenvalue weighted by molar-refractivity contribution is 6.52. The molecular weight excluding hydrogens is 225 g/mol. The third-order valence-corrected chi connectivity index (χ3v) is 3.73. The summed E-state index contributed by atoms with van der Waals surface area (Å²) in [5.41, 5.74) is 1.51. The molecule has 1 aliphatic rings. The van der Waals surface area contributed by atoms with Gasteiger partial charge in [-0.2, -0.15) is 0 Å². The number of pyridine rings is 1. The lowest BCUT2D eigenvalue weighted by atomic mass is 9.89. The minimum Gasteiger partial charge on any atom is -0.400 e. The molecule has 4 heteroatoms. The smallest absolute Gasteiger partial charge is 0.400 e. The van der Waals surface area contributed by atoms with Crippen LogP contribution in [0.5, 0.6) is 0 Å². The third kappa shape index (κ3) is 2.50. The zero-order chi connectivity index (χ0) is 13.4. The van der Waals surface area contributed by atoms with Gasteiger partial charge < -0.3 is 9.31 Å². The van der Waals surface area contributed by atoms with Crippen molar-refractivity contribution in [3.05, 3.63) is 35.6 Å². The van der Waals surface area contributed by atoms with Crippen LogP contribution in [-0.4, -0.2) is 23.3 Å². The molecule has 0 N–H and O–H groups in total. The van der Waals surface area contributed by atoms with Crippen molar-refractivity contribution in [2.24, 2.45) is 0 Å². The zero-order valence-corrected chi connectivity index (χ0v) is 11.7. The minimum atomic E-state index is -0.309. The molecule has 96 valence electrons. The molecule has 0 bridgehead atoms. The van der Waals surface area contributed by atoms with Crippen LogP contribution in [0.15, 0.2) is 24.3 Å². The Hall–Kier alpha value is -1.13. The fourth-order valence-electron chi connectivity index (χ4n) is 1.81. The van der Waals surface area contributed by atoms with Crippen LogP contribution < -0.4 is 0 Å². The summed E-state index contributed by atoms with van der Waals surface area (Å²) in [6, 6.07) is 3.97. The number of hydrogen-bond donors (Lipinski definition) is 0. The molecule has 0 amide bonds. The van der Waals surface area contributed by atoms with Gasteiger partial charge >= 0.3 is 7.12 Å². The summed E-state index contributed by atoms with van der Waals surface area (Å²) in [6.07, 6.45) is 3.74. The van der Waals surface area contributed by atoms with E-state index in [9.17, 15) is 0 Å². The molecule has 18 heavy (non-hydrogen) atoms. The lowest BCUT2D eigenvalue weighted by molar-refractivity contribution is 0.00578. The van der Waals surface area contributed by atoms with Crippen molar-refractivity contribution in [2.75, 3.05) is 0 Å². The van der Waals surface area contributed by atoms with E-state index in [-0.39, 0.29) is 18.3 Å². The van der Waals surface area contributed by atoms with Crippen molar-refractivity contribution >= 4 is 13.2 Å². The molecule has 0 radical (unpaired) electrons. The van der Waals surface area contributed by atoms with E-state index >= 15 is 0 Å². The second kappa shape index (κ2) is 4.52. The Balaban J connectivity index is 2.11. The van der Waals surface area contributed by atoms with Crippen LogP contribution in [0.2, 0.25) is 0 Å². The Morgan fingerprint density at radius 1 is 1.17 bits per heavy atom. The van der Waals surface area contributed by atoms with Gasteiger partial charge in [0.25, 0.3) is 0 Å². The highest BCUT2D eigenvalue weighted by atomic mass is 16.7. The molecule has 3 nitrogen and oxygen atoms in total. The average Bonchev–Trinajstić information content (AvgIpc) is 2.46. The maximum Gasteiger partial charge on any atom is 0.487 e. The maximum absolute atomic E-state index is 5.89. The fraction of sp³-hybridized carbons (Fsp3) is 0.500. The van der Waals surface area contributed by atoms with Crippen molar-refractivity contribution in [2.45, 2.75) is 45.8 Å². The number of nitrogens with zero attached hydrogens (tertiary/aromatic N) is 1. The highest BCUT2D eigenvalue weighted by Crippen LogP contribution is 2.36. The van der Waals surface area contributed by atoms with Gasteiger partial charge in [0.1, 0.15) is 0 Å². The minimum absolute atomic E-state index is 0.291. The molecule has 0 aliphatic carbocycles. The van der Waals surface area contributed by atoms with Crippen LogP contribution in [0.3, 0.4) is 0 Å². The summed E-state index contributed by atoms with van der Waals surface area (Å²) < 4.78 is 11.8. The van der Waals surface area contributed by atoms with Crippen molar-refractivity contribution in [3.63, 3.8) is 0 Å². The summed E-state index contributed by atoms with van der Waals surface area (Å²) in [6.45, 7) is 10.2. The van der Waals surface area contributed by atoms with Gasteiger partial charge in [-0.1, -0.05) is 12.0 Å². The predicted molar refractivity (Wildman–Crippen MR) is 74.1 cm³/mol. The van der Waals surface area contributed by atoms with Gasteiger partial charge in [0.2, 0.25) is 0 Å². The first-order valence-corrected chi connectivity index (χ1v) is 6.27. The second-order valence-corrected chi connectivity index (χ2v) is 5.69. The van der Waals surface area contributed by atoms with Crippen LogP contribution in [0.4, 0.5) is 0 Å². The number of aromatic nitrogens is 1. The van der Waals surface area contributed by atoms with E-state index in [1.54, 1.807) is 6.20 Å². The molecule has 2 heterocycles. The van der Waals surface area contributed by atoms with Crippen LogP contribution in [0.25, 0.3) is 6.08 Å². The largest absolute Gasteiger partial charge is 0.487 e. The fourth-order valence-corrected chi connectivity index (χ4v) is 1.81. The lowest BCUT2D eigenvalue weighted by Gasteiger charge is -2.32. The standard InChI is InChI=1S/C14H20BNO2/c1-11-7-6-10-16-12(11)8-9-15-17-13(2,3)14(4,5)18-15/h6-10H,1-5H3. The molecule has 0 unspecified atom stereocenters. The van der Waals surface area contributed by atoms with Gasteiger partial charge in [-0.3, -0.25) is 4.98 Å². The molecule has 1 fully saturated rings. The topological polar surface area (TPSA) is 31.4 Å². The molecule has 1 aromatic rings. The Bertz CT molecular complexity index is 453. The van der Waals surface area contributed by atoms with Crippen molar-refractivity contribution < 1.29 is 9.31 Å². The summed E-state index contributed by atoms with van der Waals surface area (Å²) >= 11 is 0. The monoisotopic (exact) mass is 245 g/mol. The third-order valence-electron chi connectivity index (χ3n) is 3.73. The van der Waals surface area contributed by atoms with E-state index in [2.05, 4.69) is 4.98 Å². The van der Waals surface area contributed by atoms with Crippen molar-refractivity contribution in [1.29, 1.82) is 0 Å². The van der Waals surface area contributed by atoms with Gasteiger partial charge in [0.15, 0.2) is 0 Å². The Morgan fingerprint density at radius 2 is 1.78 bits per heavy atom. The molecule has 1 aromatic heterocycles. The zero-order valence-electron chi connectivity index (χ0n) is 11.7. The molecular formula is C14H20BNO2. The predicted octanol–water partition coefficient (Wildman–Crippen LogP) is 3.03.